The normalized spacial score (nSPS) is 27.5. The fourth-order valence-corrected chi connectivity index (χ4v) is 3.05. The molecule has 3 unspecified atom stereocenters. The SMILES string of the molecule is CCOC(=O)c1cccc(NC2CC3CC=CC32)c1. The molecule has 0 aromatic heterocycles. The molecule has 1 fully saturated rings. The summed E-state index contributed by atoms with van der Waals surface area (Å²) in [5, 5.41) is 3.53. The molecule has 0 aliphatic heterocycles. The number of ether oxygens (including phenoxy) is 1. The number of hydrogen-bond donors (Lipinski definition) is 1. The largest absolute Gasteiger partial charge is 0.462 e. The lowest BCUT2D eigenvalue weighted by molar-refractivity contribution is 0.0526. The first-order valence-electron chi connectivity index (χ1n) is 6.98. The van der Waals surface area contributed by atoms with Gasteiger partial charge >= 0.3 is 5.97 Å². The van der Waals surface area contributed by atoms with Crippen LogP contribution in [0.1, 0.15) is 30.1 Å². The summed E-state index contributed by atoms with van der Waals surface area (Å²) in [6.45, 7) is 2.23. The topological polar surface area (TPSA) is 38.3 Å². The summed E-state index contributed by atoms with van der Waals surface area (Å²) in [5.41, 5.74) is 1.62. The third-order valence-electron chi connectivity index (χ3n) is 4.09. The minimum Gasteiger partial charge on any atom is -0.462 e. The number of esters is 1. The second-order valence-corrected chi connectivity index (χ2v) is 5.29. The summed E-state index contributed by atoms with van der Waals surface area (Å²) in [6.07, 6.45) is 7.06. The van der Waals surface area contributed by atoms with Crippen molar-refractivity contribution in [2.45, 2.75) is 25.8 Å². The Bertz CT molecular complexity index is 509. The second-order valence-electron chi connectivity index (χ2n) is 5.29. The molecule has 0 radical (unpaired) electrons. The van der Waals surface area contributed by atoms with Gasteiger partial charge in [0.25, 0.3) is 0 Å². The zero-order valence-corrected chi connectivity index (χ0v) is 11.1. The highest BCUT2D eigenvalue weighted by Crippen LogP contribution is 2.44. The summed E-state index contributed by atoms with van der Waals surface area (Å²) in [6, 6.07) is 8.09. The number of nitrogens with one attached hydrogen (secondary N) is 1. The molecule has 0 spiro atoms. The lowest BCUT2D eigenvalue weighted by Crippen LogP contribution is -2.43. The van der Waals surface area contributed by atoms with Gasteiger partial charge in [0.05, 0.1) is 12.2 Å². The maximum absolute atomic E-state index is 11.7. The number of benzene rings is 1. The lowest BCUT2D eigenvalue weighted by atomic mass is 9.71. The van der Waals surface area contributed by atoms with Gasteiger partial charge < -0.3 is 10.1 Å². The quantitative estimate of drug-likeness (QED) is 0.664. The Hall–Kier alpha value is -1.77. The van der Waals surface area contributed by atoms with Crippen LogP contribution in [0.4, 0.5) is 5.69 Å². The predicted molar refractivity (Wildman–Crippen MR) is 75.2 cm³/mol. The molecule has 1 N–H and O–H groups in total. The highest BCUT2D eigenvalue weighted by molar-refractivity contribution is 5.90. The van der Waals surface area contributed by atoms with Crippen molar-refractivity contribution in [2.75, 3.05) is 11.9 Å². The molecule has 1 aromatic rings. The van der Waals surface area contributed by atoms with Crippen molar-refractivity contribution in [3.8, 4) is 0 Å². The zero-order valence-electron chi connectivity index (χ0n) is 11.1. The number of anilines is 1. The van der Waals surface area contributed by atoms with Crippen LogP contribution in [0.2, 0.25) is 0 Å². The van der Waals surface area contributed by atoms with E-state index in [0.29, 0.717) is 24.1 Å². The number of fused-ring (bicyclic) bond motifs is 1. The first kappa shape index (κ1) is 12.3. The highest BCUT2D eigenvalue weighted by Gasteiger charge is 2.40. The van der Waals surface area contributed by atoms with Crippen molar-refractivity contribution in [2.24, 2.45) is 11.8 Å². The molecular formula is C16H19NO2. The van der Waals surface area contributed by atoms with Crippen LogP contribution in [0.5, 0.6) is 0 Å². The van der Waals surface area contributed by atoms with Gasteiger partial charge in [0.15, 0.2) is 0 Å². The van der Waals surface area contributed by atoms with E-state index in [4.69, 9.17) is 4.74 Å². The van der Waals surface area contributed by atoms with E-state index in [1.54, 1.807) is 6.07 Å². The van der Waals surface area contributed by atoms with Crippen LogP contribution in [0.3, 0.4) is 0 Å². The molecular weight excluding hydrogens is 238 g/mol. The molecule has 2 aliphatic carbocycles. The number of hydrogen-bond acceptors (Lipinski definition) is 3. The molecule has 1 aromatic carbocycles. The minimum absolute atomic E-state index is 0.251. The van der Waals surface area contributed by atoms with Crippen LogP contribution in [0.25, 0.3) is 0 Å². The Morgan fingerprint density at radius 2 is 2.37 bits per heavy atom. The van der Waals surface area contributed by atoms with Gasteiger partial charge in [-0.25, -0.2) is 4.79 Å². The van der Waals surface area contributed by atoms with Crippen LogP contribution in [-0.4, -0.2) is 18.6 Å². The Morgan fingerprint density at radius 3 is 3.16 bits per heavy atom. The standard InChI is InChI=1S/C16H19NO2/c1-2-19-16(18)12-6-3-7-13(9-12)17-15-10-11-5-4-8-14(11)15/h3-4,6-9,11,14-15,17H,2,5,10H2,1H3. The molecule has 0 bridgehead atoms. The van der Waals surface area contributed by atoms with Gasteiger partial charge in [0, 0.05) is 17.6 Å². The summed E-state index contributed by atoms with van der Waals surface area (Å²) < 4.78 is 5.02. The first-order valence-corrected chi connectivity index (χ1v) is 6.98. The van der Waals surface area contributed by atoms with E-state index < -0.39 is 0 Å². The smallest absolute Gasteiger partial charge is 0.338 e. The minimum atomic E-state index is -0.251. The predicted octanol–water partition coefficient (Wildman–Crippen LogP) is 3.24. The fraction of sp³-hybridized carbons (Fsp3) is 0.438. The summed E-state index contributed by atoms with van der Waals surface area (Å²) >= 11 is 0. The van der Waals surface area contributed by atoms with Gasteiger partial charge in [-0.15, -0.1) is 0 Å². The van der Waals surface area contributed by atoms with E-state index >= 15 is 0 Å². The van der Waals surface area contributed by atoms with E-state index in [-0.39, 0.29) is 5.97 Å². The van der Waals surface area contributed by atoms with Crippen LogP contribution in [0.15, 0.2) is 36.4 Å². The second kappa shape index (κ2) is 5.08. The van der Waals surface area contributed by atoms with Crippen LogP contribution < -0.4 is 5.32 Å². The van der Waals surface area contributed by atoms with Gasteiger partial charge in [-0.05, 0) is 43.9 Å². The fourth-order valence-electron chi connectivity index (χ4n) is 3.05. The molecule has 0 amide bonds. The zero-order chi connectivity index (χ0) is 13.2. The molecule has 3 heteroatoms. The molecule has 100 valence electrons. The Balaban J connectivity index is 1.66. The van der Waals surface area contributed by atoms with Crippen molar-refractivity contribution >= 4 is 11.7 Å². The third kappa shape index (κ3) is 2.37. The number of rotatable bonds is 4. The number of carbonyl (C=O) groups excluding carboxylic acids is 1. The van der Waals surface area contributed by atoms with E-state index in [2.05, 4.69) is 17.5 Å². The summed E-state index contributed by atoms with van der Waals surface area (Å²) in [7, 11) is 0. The maximum atomic E-state index is 11.7. The highest BCUT2D eigenvalue weighted by atomic mass is 16.5. The van der Waals surface area contributed by atoms with Gasteiger partial charge in [-0.2, -0.15) is 0 Å². The average molecular weight is 257 g/mol. The van der Waals surface area contributed by atoms with Gasteiger partial charge in [0.2, 0.25) is 0 Å². The summed E-state index contributed by atoms with van der Waals surface area (Å²) in [5.74, 6) is 1.26. The van der Waals surface area contributed by atoms with Crippen molar-refractivity contribution in [3.63, 3.8) is 0 Å². The Kier molecular flexibility index (Phi) is 3.28. The molecule has 0 heterocycles. The average Bonchev–Trinajstić information content (AvgIpc) is 2.78. The Labute approximate surface area is 113 Å². The van der Waals surface area contributed by atoms with Crippen molar-refractivity contribution in [1.29, 1.82) is 0 Å². The Morgan fingerprint density at radius 1 is 1.47 bits per heavy atom. The van der Waals surface area contributed by atoms with Crippen molar-refractivity contribution in [1.82, 2.24) is 0 Å². The maximum Gasteiger partial charge on any atom is 0.338 e. The van der Waals surface area contributed by atoms with Gasteiger partial charge in [-0.1, -0.05) is 18.2 Å². The monoisotopic (exact) mass is 257 g/mol. The number of carbonyl (C=O) groups is 1. The molecule has 1 saturated carbocycles. The molecule has 3 rings (SSSR count). The molecule has 19 heavy (non-hydrogen) atoms. The molecule has 3 nitrogen and oxygen atoms in total. The number of allylic oxidation sites excluding steroid dienone is 1. The van der Waals surface area contributed by atoms with E-state index in [1.807, 2.05) is 25.1 Å². The van der Waals surface area contributed by atoms with Gasteiger partial charge in [0.1, 0.15) is 0 Å². The lowest BCUT2D eigenvalue weighted by Gasteiger charge is -2.41. The van der Waals surface area contributed by atoms with Gasteiger partial charge in [-0.3, -0.25) is 0 Å². The van der Waals surface area contributed by atoms with Crippen molar-refractivity contribution in [3.05, 3.63) is 42.0 Å². The van der Waals surface area contributed by atoms with E-state index in [9.17, 15) is 4.79 Å². The van der Waals surface area contributed by atoms with Crippen LogP contribution in [-0.2, 0) is 4.74 Å². The third-order valence-corrected chi connectivity index (χ3v) is 4.09. The first-order chi connectivity index (χ1) is 9.28. The molecule has 3 atom stereocenters. The molecule has 2 aliphatic rings. The van der Waals surface area contributed by atoms with E-state index in [1.165, 1.54) is 12.8 Å². The van der Waals surface area contributed by atoms with Crippen LogP contribution in [0, 0.1) is 11.8 Å². The van der Waals surface area contributed by atoms with E-state index in [0.717, 1.165) is 11.6 Å². The van der Waals surface area contributed by atoms with Crippen LogP contribution >= 0.6 is 0 Å². The molecule has 0 saturated heterocycles. The summed E-state index contributed by atoms with van der Waals surface area (Å²) in [4.78, 5) is 11.7. The van der Waals surface area contributed by atoms with Crippen molar-refractivity contribution < 1.29 is 9.53 Å².